The molecule has 36 heavy (non-hydrogen) atoms. The molecule has 1 aromatic heterocycles. The summed E-state index contributed by atoms with van der Waals surface area (Å²) in [6.45, 7) is 15.0. The number of anilines is 1. The van der Waals surface area contributed by atoms with Gasteiger partial charge in [0.15, 0.2) is 0 Å². The van der Waals surface area contributed by atoms with Gasteiger partial charge in [-0.15, -0.1) is 0 Å². The molecular weight excluding hydrogens is 448 g/mol. The molecule has 3 aromatic rings. The molecule has 0 unspecified atom stereocenters. The van der Waals surface area contributed by atoms with Gasteiger partial charge < -0.3 is 10.2 Å². The highest BCUT2D eigenvalue weighted by Crippen LogP contribution is 2.29. The fraction of sp³-hybridized carbons (Fsp3) is 0.433. The number of carbonyl (C=O) groups is 2. The van der Waals surface area contributed by atoms with Gasteiger partial charge in [0, 0.05) is 18.0 Å². The van der Waals surface area contributed by atoms with Crippen LogP contribution in [0.2, 0.25) is 0 Å². The molecule has 0 saturated heterocycles. The Morgan fingerprint density at radius 3 is 1.89 bits per heavy atom. The molecule has 192 valence electrons. The molecule has 2 amide bonds. The van der Waals surface area contributed by atoms with Crippen molar-refractivity contribution >= 4 is 17.6 Å². The first-order valence-electron chi connectivity index (χ1n) is 12.7. The van der Waals surface area contributed by atoms with Crippen molar-refractivity contribution in [3.63, 3.8) is 0 Å². The van der Waals surface area contributed by atoms with Crippen molar-refractivity contribution in [1.82, 2.24) is 14.7 Å². The summed E-state index contributed by atoms with van der Waals surface area (Å²) in [7, 11) is 0. The molecule has 0 atom stereocenters. The normalized spacial score (nSPS) is 12.0. The number of nitrogens with zero attached hydrogens (tertiary/aromatic N) is 3. The first-order valence-corrected chi connectivity index (χ1v) is 12.7. The lowest BCUT2D eigenvalue weighted by Gasteiger charge is -2.28. The molecule has 3 rings (SSSR count). The predicted octanol–water partition coefficient (Wildman–Crippen LogP) is 5.94. The summed E-state index contributed by atoms with van der Waals surface area (Å²) in [5.41, 5.74) is 2.27. The first-order chi connectivity index (χ1) is 16.9. The number of hydrogen-bond donors (Lipinski definition) is 1. The van der Waals surface area contributed by atoms with Gasteiger partial charge in [-0.05, 0) is 38.3 Å². The van der Waals surface area contributed by atoms with E-state index in [1.54, 1.807) is 4.90 Å². The van der Waals surface area contributed by atoms with Gasteiger partial charge in [0.2, 0.25) is 11.8 Å². The van der Waals surface area contributed by atoms with Gasteiger partial charge in [-0.3, -0.25) is 9.59 Å². The topological polar surface area (TPSA) is 67.2 Å². The molecule has 0 radical (unpaired) electrons. The van der Waals surface area contributed by atoms with Crippen LogP contribution >= 0.6 is 0 Å². The van der Waals surface area contributed by atoms with E-state index in [-0.39, 0.29) is 29.3 Å². The molecular formula is C30H40N4O2. The van der Waals surface area contributed by atoms with Gasteiger partial charge >= 0.3 is 0 Å². The van der Waals surface area contributed by atoms with Crippen LogP contribution in [0.1, 0.15) is 77.6 Å². The Morgan fingerprint density at radius 1 is 0.917 bits per heavy atom. The standard InChI is InChI=1S/C30H40N4O2/c1-8-19-33(28(36)27(22-15-11-9-12-16-22)23-17-13-10-14-18-23)21-26(35)31-25-20-24(29(2,3)4)32-34(25)30(5,6)7/h9-18,20,27H,8,19,21H2,1-7H3,(H,31,35). The third kappa shape index (κ3) is 6.62. The molecule has 0 aliphatic heterocycles. The van der Waals surface area contributed by atoms with E-state index in [9.17, 15) is 9.59 Å². The minimum Gasteiger partial charge on any atom is -0.333 e. The van der Waals surface area contributed by atoms with Crippen LogP contribution in [0.4, 0.5) is 5.82 Å². The zero-order valence-corrected chi connectivity index (χ0v) is 22.7. The number of aromatic nitrogens is 2. The highest BCUT2D eigenvalue weighted by molar-refractivity contribution is 5.96. The van der Waals surface area contributed by atoms with Crippen LogP contribution in [-0.4, -0.2) is 39.6 Å². The Balaban J connectivity index is 1.88. The quantitative estimate of drug-likeness (QED) is 0.426. The minimum absolute atomic E-state index is 0.0248. The van der Waals surface area contributed by atoms with E-state index in [0.29, 0.717) is 12.4 Å². The van der Waals surface area contributed by atoms with Crippen LogP contribution in [0.5, 0.6) is 0 Å². The Hall–Kier alpha value is -3.41. The van der Waals surface area contributed by atoms with Crippen LogP contribution in [0.3, 0.4) is 0 Å². The van der Waals surface area contributed by atoms with Gasteiger partial charge in [0.05, 0.1) is 23.7 Å². The SMILES string of the molecule is CCCN(CC(=O)Nc1cc(C(C)(C)C)nn1C(C)(C)C)C(=O)C(c1ccccc1)c1ccccc1. The summed E-state index contributed by atoms with van der Waals surface area (Å²) in [4.78, 5) is 28.9. The maximum absolute atomic E-state index is 13.9. The zero-order chi connectivity index (χ0) is 26.5. The summed E-state index contributed by atoms with van der Waals surface area (Å²) in [6.07, 6.45) is 0.753. The fourth-order valence-corrected chi connectivity index (χ4v) is 4.19. The van der Waals surface area contributed by atoms with Crippen LogP contribution in [0, 0.1) is 0 Å². The highest BCUT2D eigenvalue weighted by atomic mass is 16.2. The second-order valence-corrected chi connectivity index (χ2v) is 11.3. The largest absolute Gasteiger partial charge is 0.333 e. The van der Waals surface area contributed by atoms with E-state index in [1.165, 1.54) is 0 Å². The van der Waals surface area contributed by atoms with E-state index < -0.39 is 5.92 Å². The maximum atomic E-state index is 13.9. The van der Waals surface area contributed by atoms with Crippen molar-refractivity contribution in [3.05, 3.63) is 83.6 Å². The Labute approximate surface area is 215 Å². The third-order valence-corrected chi connectivity index (χ3v) is 6.03. The first kappa shape index (κ1) is 27.2. The average molecular weight is 489 g/mol. The number of carbonyl (C=O) groups excluding carboxylic acids is 2. The third-order valence-electron chi connectivity index (χ3n) is 6.03. The van der Waals surface area contributed by atoms with Gasteiger partial charge in [-0.1, -0.05) is 88.4 Å². The van der Waals surface area contributed by atoms with E-state index in [2.05, 4.69) is 46.9 Å². The number of hydrogen-bond acceptors (Lipinski definition) is 3. The second kappa shape index (κ2) is 11.1. The molecule has 0 spiro atoms. The van der Waals surface area contributed by atoms with Crippen molar-refractivity contribution < 1.29 is 9.59 Å². The van der Waals surface area contributed by atoms with Gasteiger partial charge in [0.25, 0.3) is 0 Å². The van der Waals surface area contributed by atoms with Crippen molar-refractivity contribution in [2.75, 3.05) is 18.4 Å². The minimum atomic E-state index is -0.473. The lowest BCUT2D eigenvalue weighted by molar-refractivity contribution is -0.135. The number of benzene rings is 2. The molecule has 0 aliphatic carbocycles. The van der Waals surface area contributed by atoms with E-state index in [0.717, 1.165) is 23.2 Å². The van der Waals surface area contributed by atoms with E-state index >= 15 is 0 Å². The highest BCUT2D eigenvalue weighted by Gasteiger charge is 2.30. The molecule has 6 heteroatoms. The predicted molar refractivity (Wildman–Crippen MR) is 146 cm³/mol. The average Bonchev–Trinajstić information content (AvgIpc) is 3.25. The monoisotopic (exact) mass is 488 g/mol. The van der Waals surface area contributed by atoms with Crippen LogP contribution in [-0.2, 0) is 20.5 Å². The van der Waals surface area contributed by atoms with Crippen LogP contribution < -0.4 is 5.32 Å². The Bertz CT molecular complexity index is 1120. The van der Waals surface area contributed by atoms with E-state index in [4.69, 9.17) is 5.10 Å². The molecule has 1 heterocycles. The number of rotatable bonds is 8. The molecule has 2 aromatic carbocycles. The Kier molecular flexibility index (Phi) is 8.39. The summed E-state index contributed by atoms with van der Waals surface area (Å²) in [5, 5.41) is 7.82. The molecule has 0 aliphatic rings. The summed E-state index contributed by atoms with van der Waals surface area (Å²) < 4.78 is 1.86. The number of nitrogens with one attached hydrogen (secondary N) is 1. The van der Waals surface area contributed by atoms with Crippen LogP contribution in [0.15, 0.2) is 66.7 Å². The molecule has 0 saturated carbocycles. The smallest absolute Gasteiger partial charge is 0.245 e. The van der Waals surface area contributed by atoms with Crippen molar-refractivity contribution in [2.24, 2.45) is 0 Å². The van der Waals surface area contributed by atoms with Crippen LogP contribution in [0.25, 0.3) is 0 Å². The summed E-state index contributed by atoms with van der Waals surface area (Å²) in [6, 6.07) is 21.5. The zero-order valence-electron chi connectivity index (χ0n) is 22.7. The number of amides is 2. The van der Waals surface area contributed by atoms with Crippen molar-refractivity contribution in [3.8, 4) is 0 Å². The molecule has 6 nitrogen and oxygen atoms in total. The lowest BCUT2D eigenvalue weighted by Crippen LogP contribution is -2.41. The fourth-order valence-electron chi connectivity index (χ4n) is 4.19. The Morgan fingerprint density at radius 2 is 1.44 bits per heavy atom. The maximum Gasteiger partial charge on any atom is 0.245 e. The van der Waals surface area contributed by atoms with Crippen molar-refractivity contribution in [1.29, 1.82) is 0 Å². The van der Waals surface area contributed by atoms with Gasteiger partial charge in [0.1, 0.15) is 5.82 Å². The van der Waals surface area contributed by atoms with Gasteiger partial charge in [-0.2, -0.15) is 5.10 Å². The summed E-state index contributed by atoms with van der Waals surface area (Å²) >= 11 is 0. The van der Waals surface area contributed by atoms with Crippen molar-refractivity contribution in [2.45, 2.75) is 71.8 Å². The second-order valence-electron chi connectivity index (χ2n) is 11.3. The summed E-state index contributed by atoms with van der Waals surface area (Å²) in [5.74, 6) is -0.144. The van der Waals surface area contributed by atoms with Gasteiger partial charge in [-0.25, -0.2) is 4.68 Å². The molecule has 1 N–H and O–H groups in total. The molecule has 0 bridgehead atoms. The molecule has 0 fully saturated rings. The van der Waals surface area contributed by atoms with E-state index in [1.807, 2.05) is 78.3 Å². The lowest BCUT2D eigenvalue weighted by atomic mass is 9.90.